The molecule has 1 amide bonds. The van der Waals surface area contributed by atoms with E-state index in [1.54, 1.807) is 18.4 Å². The van der Waals surface area contributed by atoms with Crippen LogP contribution >= 0.6 is 11.6 Å². The van der Waals surface area contributed by atoms with Crippen LogP contribution in [0.1, 0.15) is 36.9 Å². The van der Waals surface area contributed by atoms with Crippen LogP contribution in [-0.4, -0.2) is 48.0 Å². The van der Waals surface area contributed by atoms with Crippen molar-refractivity contribution in [3.05, 3.63) is 58.9 Å². The van der Waals surface area contributed by atoms with Crippen molar-refractivity contribution in [3.63, 3.8) is 0 Å². The van der Waals surface area contributed by atoms with Crippen LogP contribution in [0.25, 0.3) is 11.7 Å². The smallest absolute Gasteiger partial charge is 0.266 e. The van der Waals surface area contributed by atoms with Crippen LogP contribution in [-0.2, 0) is 11.3 Å². The van der Waals surface area contributed by atoms with Crippen molar-refractivity contribution in [2.45, 2.75) is 38.3 Å². The molecule has 0 aliphatic carbocycles. The number of hydrogen-bond donors (Lipinski definition) is 1. The lowest BCUT2D eigenvalue weighted by molar-refractivity contribution is -0.126. The fourth-order valence-electron chi connectivity index (χ4n) is 4.85. The molecule has 4 heterocycles. The summed E-state index contributed by atoms with van der Waals surface area (Å²) in [6.07, 6.45) is 4.87. The maximum absolute atomic E-state index is 12.9. The zero-order valence-electron chi connectivity index (χ0n) is 19.5. The number of hydrogen-bond acceptors (Lipinski definition) is 7. The maximum atomic E-state index is 12.9. The Morgan fingerprint density at radius 3 is 2.51 bits per heavy atom. The fraction of sp³-hybridized carbons (Fsp3) is 0.423. The first-order chi connectivity index (χ1) is 17.1. The number of halogens is 1. The molecule has 1 aromatic carbocycles. The summed E-state index contributed by atoms with van der Waals surface area (Å²) < 4.78 is 11.2. The van der Waals surface area contributed by atoms with E-state index in [4.69, 9.17) is 20.4 Å². The molecule has 8 nitrogen and oxygen atoms in total. The predicted molar refractivity (Wildman–Crippen MR) is 132 cm³/mol. The molecule has 1 N–H and O–H groups in total. The Hall–Kier alpha value is -3.28. The van der Waals surface area contributed by atoms with Crippen LogP contribution in [0.5, 0.6) is 0 Å². The molecule has 2 saturated heterocycles. The number of anilines is 1. The second-order valence-corrected chi connectivity index (χ2v) is 9.65. The number of piperidine rings is 2. The van der Waals surface area contributed by atoms with Crippen LogP contribution in [0, 0.1) is 17.2 Å². The maximum Gasteiger partial charge on any atom is 0.266 e. The number of likely N-dealkylation sites (tertiary alicyclic amines) is 1. The Morgan fingerprint density at radius 2 is 1.86 bits per heavy atom. The first kappa shape index (κ1) is 23.5. The zero-order valence-corrected chi connectivity index (χ0v) is 20.2. The summed E-state index contributed by atoms with van der Waals surface area (Å²) in [6, 6.07) is 13.8. The quantitative estimate of drug-likeness (QED) is 0.541. The average molecular weight is 494 g/mol. The number of aromatic nitrogens is 1. The molecule has 0 saturated carbocycles. The highest BCUT2D eigenvalue weighted by Gasteiger charge is 2.31. The summed E-state index contributed by atoms with van der Waals surface area (Å²) in [6.45, 7) is 4.11. The summed E-state index contributed by atoms with van der Waals surface area (Å²) in [5, 5.41) is 13.5. The Bertz CT molecular complexity index is 1170. The lowest BCUT2D eigenvalue weighted by Crippen LogP contribution is -2.48. The monoisotopic (exact) mass is 493 g/mol. The average Bonchev–Trinajstić information content (AvgIpc) is 3.57. The first-order valence-corrected chi connectivity index (χ1v) is 12.4. The van der Waals surface area contributed by atoms with Crippen molar-refractivity contribution >= 4 is 23.4 Å². The number of nitriles is 1. The topological polar surface area (TPSA) is 98.5 Å². The van der Waals surface area contributed by atoms with Crippen molar-refractivity contribution < 1.29 is 13.6 Å². The van der Waals surface area contributed by atoms with Gasteiger partial charge >= 0.3 is 0 Å². The first-order valence-electron chi connectivity index (χ1n) is 12.1. The van der Waals surface area contributed by atoms with Gasteiger partial charge in [0.05, 0.1) is 6.26 Å². The molecule has 2 fully saturated rings. The van der Waals surface area contributed by atoms with Gasteiger partial charge in [0.15, 0.2) is 5.76 Å². The fourth-order valence-corrected chi connectivity index (χ4v) is 4.98. The molecule has 0 atom stereocenters. The lowest BCUT2D eigenvalue weighted by atomic mass is 9.94. The molecule has 5 rings (SSSR count). The van der Waals surface area contributed by atoms with Crippen LogP contribution in [0.3, 0.4) is 0 Å². The standard InChI is InChI=1S/C26H28ClN5O3/c27-20-5-3-18(4-6-20)17-31-11-9-21(10-12-31)29-24(33)19-7-13-32(14-8-19)26-22(16-28)30-25(35-26)23-2-1-15-34-23/h1-6,15,19,21H,7-14,17H2,(H,29,33). The van der Waals surface area contributed by atoms with Gasteiger partial charge in [-0.05, 0) is 55.5 Å². The molecule has 2 aromatic heterocycles. The summed E-state index contributed by atoms with van der Waals surface area (Å²) in [5.41, 5.74) is 1.50. The van der Waals surface area contributed by atoms with Crippen LogP contribution < -0.4 is 10.2 Å². The minimum Gasteiger partial charge on any atom is -0.459 e. The number of oxazole rings is 1. The molecule has 3 aromatic rings. The number of amides is 1. The van der Waals surface area contributed by atoms with E-state index in [2.05, 4.69) is 33.4 Å². The van der Waals surface area contributed by atoms with Gasteiger partial charge in [-0.2, -0.15) is 10.2 Å². The van der Waals surface area contributed by atoms with E-state index in [1.807, 2.05) is 17.0 Å². The van der Waals surface area contributed by atoms with E-state index in [0.717, 1.165) is 37.5 Å². The van der Waals surface area contributed by atoms with E-state index in [-0.39, 0.29) is 23.6 Å². The van der Waals surface area contributed by atoms with Gasteiger partial charge in [-0.25, -0.2) is 0 Å². The number of rotatable bonds is 6. The van der Waals surface area contributed by atoms with Crippen molar-refractivity contribution in [1.82, 2.24) is 15.2 Å². The highest BCUT2D eigenvalue weighted by atomic mass is 35.5. The van der Waals surface area contributed by atoms with Gasteiger partial charge < -0.3 is 19.1 Å². The van der Waals surface area contributed by atoms with Gasteiger partial charge in [0.2, 0.25) is 17.5 Å². The third kappa shape index (κ3) is 5.53. The Kier molecular flexibility index (Phi) is 7.07. The molecule has 0 unspecified atom stereocenters. The van der Waals surface area contributed by atoms with Gasteiger partial charge in [0.1, 0.15) is 6.07 Å². The van der Waals surface area contributed by atoms with Crippen molar-refractivity contribution in [2.75, 3.05) is 31.1 Å². The Morgan fingerprint density at radius 1 is 1.11 bits per heavy atom. The number of furan rings is 1. The highest BCUT2D eigenvalue weighted by Crippen LogP contribution is 2.31. The van der Waals surface area contributed by atoms with Crippen molar-refractivity contribution in [1.29, 1.82) is 5.26 Å². The summed E-state index contributed by atoms with van der Waals surface area (Å²) >= 11 is 5.98. The molecule has 9 heteroatoms. The van der Waals surface area contributed by atoms with E-state index < -0.39 is 0 Å². The second-order valence-electron chi connectivity index (χ2n) is 9.21. The molecule has 0 radical (unpaired) electrons. The van der Waals surface area contributed by atoms with E-state index >= 15 is 0 Å². The van der Waals surface area contributed by atoms with E-state index in [1.165, 1.54) is 5.56 Å². The summed E-state index contributed by atoms with van der Waals surface area (Å²) in [7, 11) is 0. The predicted octanol–water partition coefficient (Wildman–Crippen LogP) is 4.46. The molecular formula is C26H28ClN5O3. The van der Waals surface area contributed by atoms with E-state index in [0.29, 0.717) is 43.5 Å². The number of carbonyl (C=O) groups excluding carboxylic acids is 1. The molecule has 2 aliphatic rings. The highest BCUT2D eigenvalue weighted by molar-refractivity contribution is 6.30. The minimum absolute atomic E-state index is 0.0312. The van der Waals surface area contributed by atoms with Crippen molar-refractivity contribution in [2.24, 2.45) is 5.92 Å². The number of nitrogens with one attached hydrogen (secondary N) is 1. The number of benzene rings is 1. The van der Waals surface area contributed by atoms with Crippen molar-refractivity contribution in [3.8, 4) is 17.7 Å². The summed E-state index contributed by atoms with van der Waals surface area (Å²) in [4.78, 5) is 21.6. The minimum atomic E-state index is -0.0312. The Balaban J connectivity index is 1.09. The molecule has 182 valence electrons. The lowest BCUT2D eigenvalue weighted by Gasteiger charge is -2.35. The second kappa shape index (κ2) is 10.5. The zero-order chi connectivity index (χ0) is 24.2. The molecule has 35 heavy (non-hydrogen) atoms. The number of nitrogens with zero attached hydrogens (tertiary/aromatic N) is 4. The van der Waals surface area contributed by atoms with Gasteiger partial charge in [0, 0.05) is 49.7 Å². The Labute approximate surface area is 209 Å². The van der Waals surface area contributed by atoms with Gasteiger partial charge in [-0.15, -0.1) is 0 Å². The summed E-state index contributed by atoms with van der Waals surface area (Å²) in [5.74, 6) is 1.34. The molecular weight excluding hydrogens is 466 g/mol. The largest absolute Gasteiger partial charge is 0.459 e. The molecule has 2 aliphatic heterocycles. The number of carbonyl (C=O) groups is 1. The van der Waals surface area contributed by atoms with Crippen LogP contribution in [0.4, 0.5) is 5.88 Å². The normalized spacial score (nSPS) is 17.9. The van der Waals surface area contributed by atoms with Crippen LogP contribution in [0.15, 0.2) is 51.5 Å². The van der Waals surface area contributed by atoms with Gasteiger partial charge in [0.25, 0.3) is 5.89 Å². The van der Waals surface area contributed by atoms with E-state index in [9.17, 15) is 10.1 Å². The van der Waals surface area contributed by atoms with Crippen LogP contribution in [0.2, 0.25) is 5.02 Å². The SMILES string of the molecule is N#Cc1nc(-c2ccco2)oc1N1CCC(C(=O)NC2CCN(Cc3ccc(Cl)cc3)CC2)CC1. The third-order valence-electron chi connectivity index (χ3n) is 6.85. The van der Waals surface area contributed by atoms with Gasteiger partial charge in [-0.1, -0.05) is 23.7 Å². The molecule has 0 bridgehead atoms. The third-order valence-corrected chi connectivity index (χ3v) is 7.11. The molecule has 0 spiro atoms. The van der Waals surface area contributed by atoms with Gasteiger partial charge in [-0.3, -0.25) is 9.69 Å².